The van der Waals surface area contributed by atoms with Gasteiger partial charge in [-0.2, -0.15) is 0 Å². The van der Waals surface area contributed by atoms with Crippen LogP contribution in [0.4, 0.5) is 0 Å². The maximum atomic E-state index is 13.2. The summed E-state index contributed by atoms with van der Waals surface area (Å²) in [7, 11) is 2.10. The highest BCUT2D eigenvalue weighted by Crippen LogP contribution is 2.27. The van der Waals surface area contributed by atoms with Crippen molar-refractivity contribution in [1.82, 2.24) is 24.8 Å². The Morgan fingerprint density at radius 2 is 1.81 bits per heavy atom. The molecule has 7 nitrogen and oxygen atoms in total. The lowest BCUT2D eigenvalue weighted by atomic mass is 10.0. The van der Waals surface area contributed by atoms with Crippen molar-refractivity contribution in [2.24, 2.45) is 0 Å². The Bertz CT molecular complexity index is 1020. The van der Waals surface area contributed by atoms with Crippen molar-refractivity contribution in [1.29, 1.82) is 0 Å². The van der Waals surface area contributed by atoms with Crippen molar-refractivity contribution in [2.75, 3.05) is 26.7 Å². The molecule has 4 rings (SSSR count). The van der Waals surface area contributed by atoms with Crippen molar-refractivity contribution in [3.63, 3.8) is 0 Å². The van der Waals surface area contributed by atoms with E-state index in [1.807, 2.05) is 43.0 Å². The van der Waals surface area contributed by atoms with E-state index in [2.05, 4.69) is 39.0 Å². The Morgan fingerprint density at radius 3 is 2.52 bits per heavy atom. The Morgan fingerprint density at radius 1 is 1.06 bits per heavy atom. The van der Waals surface area contributed by atoms with Crippen LogP contribution in [0.2, 0.25) is 0 Å². The molecule has 0 saturated carbocycles. The number of pyridine rings is 1. The van der Waals surface area contributed by atoms with Crippen LogP contribution in [0.5, 0.6) is 5.75 Å². The zero-order chi connectivity index (χ0) is 21.8. The van der Waals surface area contributed by atoms with E-state index >= 15 is 0 Å². The molecule has 0 aliphatic carbocycles. The van der Waals surface area contributed by atoms with Crippen LogP contribution in [-0.4, -0.2) is 63.4 Å². The maximum Gasteiger partial charge on any atom is 0.272 e. The SMILES string of the molecule is CC(C)Oc1ccc(C2CN(C(=O)c3cccc(-c4cncnc4)n3)CCN2C)cc1. The van der Waals surface area contributed by atoms with Gasteiger partial charge in [-0.05, 0) is 50.7 Å². The van der Waals surface area contributed by atoms with E-state index in [0.717, 1.165) is 17.9 Å². The molecule has 31 heavy (non-hydrogen) atoms. The summed E-state index contributed by atoms with van der Waals surface area (Å²) in [6, 6.07) is 13.8. The van der Waals surface area contributed by atoms with Crippen molar-refractivity contribution in [2.45, 2.75) is 26.0 Å². The lowest BCUT2D eigenvalue weighted by molar-refractivity contribution is 0.0540. The lowest BCUT2D eigenvalue weighted by Gasteiger charge is -2.39. The number of aromatic nitrogens is 3. The molecule has 1 aliphatic rings. The summed E-state index contributed by atoms with van der Waals surface area (Å²) in [4.78, 5) is 30.1. The topological polar surface area (TPSA) is 71.5 Å². The number of piperazine rings is 1. The molecular weight excluding hydrogens is 390 g/mol. The number of hydrogen-bond donors (Lipinski definition) is 0. The fourth-order valence-electron chi connectivity index (χ4n) is 3.77. The quantitative estimate of drug-likeness (QED) is 0.633. The molecule has 1 fully saturated rings. The van der Waals surface area contributed by atoms with Crippen LogP contribution in [0.15, 0.2) is 61.2 Å². The highest BCUT2D eigenvalue weighted by Gasteiger charge is 2.29. The number of ether oxygens (including phenoxy) is 1. The lowest BCUT2D eigenvalue weighted by Crippen LogP contribution is -2.49. The van der Waals surface area contributed by atoms with Crippen LogP contribution in [0, 0.1) is 0 Å². The van der Waals surface area contributed by atoms with Gasteiger partial charge in [0.15, 0.2) is 0 Å². The highest BCUT2D eigenvalue weighted by atomic mass is 16.5. The van der Waals surface area contributed by atoms with Gasteiger partial charge in [-0.15, -0.1) is 0 Å². The predicted octanol–water partition coefficient (Wildman–Crippen LogP) is 3.45. The summed E-state index contributed by atoms with van der Waals surface area (Å²) in [6.45, 7) is 6.11. The summed E-state index contributed by atoms with van der Waals surface area (Å²) in [5.41, 5.74) is 3.08. The molecule has 1 aromatic carbocycles. The van der Waals surface area contributed by atoms with Crippen LogP contribution >= 0.6 is 0 Å². The molecule has 0 bridgehead atoms. The summed E-state index contributed by atoms with van der Waals surface area (Å²) in [5, 5.41) is 0. The van der Waals surface area contributed by atoms with Crippen molar-refractivity contribution >= 4 is 5.91 Å². The molecule has 3 aromatic rings. The fraction of sp³-hybridized carbons (Fsp3) is 0.333. The maximum absolute atomic E-state index is 13.2. The number of carbonyl (C=O) groups excluding carboxylic acids is 1. The van der Waals surface area contributed by atoms with Gasteiger partial charge in [0, 0.05) is 37.6 Å². The van der Waals surface area contributed by atoms with Crippen LogP contribution in [0.1, 0.15) is 35.9 Å². The minimum Gasteiger partial charge on any atom is -0.491 e. The average Bonchev–Trinajstić information content (AvgIpc) is 2.80. The molecule has 7 heteroatoms. The molecule has 1 amide bonds. The molecule has 3 heterocycles. The molecule has 1 aliphatic heterocycles. The van der Waals surface area contributed by atoms with Crippen molar-refractivity contribution in [3.8, 4) is 17.0 Å². The zero-order valence-electron chi connectivity index (χ0n) is 18.1. The van der Waals surface area contributed by atoms with Gasteiger partial charge in [0.2, 0.25) is 0 Å². The molecule has 2 aromatic heterocycles. The van der Waals surface area contributed by atoms with Crippen LogP contribution in [-0.2, 0) is 0 Å². The zero-order valence-corrected chi connectivity index (χ0v) is 18.1. The molecule has 0 N–H and O–H groups in total. The van der Waals surface area contributed by atoms with E-state index in [1.54, 1.807) is 18.5 Å². The fourth-order valence-corrected chi connectivity index (χ4v) is 3.77. The molecule has 160 valence electrons. The summed E-state index contributed by atoms with van der Waals surface area (Å²) in [5.74, 6) is 0.799. The van der Waals surface area contributed by atoms with Gasteiger partial charge in [-0.1, -0.05) is 18.2 Å². The third kappa shape index (κ3) is 4.88. The van der Waals surface area contributed by atoms with Crippen LogP contribution in [0.25, 0.3) is 11.3 Å². The van der Waals surface area contributed by atoms with E-state index in [0.29, 0.717) is 24.5 Å². The number of benzene rings is 1. The summed E-state index contributed by atoms with van der Waals surface area (Å²) < 4.78 is 5.75. The Hall–Kier alpha value is -3.32. The number of amides is 1. The van der Waals surface area contributed by atoms with Crippen LogP contribution in [0.3, 0.4) is 0 Å². The number of nitrogens with zero attached hydrogens (tertiary/aromatic N) is 5. The number of rotatable bonds is 5. The summed E-state index contributed by atoms with van der Waals surface area (Å²) >= 11 is 0. The standard InChI is InChI=1S/C24H27N5O2/c1-17(2)31-20-9-7-18(8-10-20)23-15-29(12-11-28(23)3)24(30)22-6-4-5-21(27-22)19-13-25-16-26-14-19/h4-10,13-14,16-17,23H,11-12,15H2,1-3H3. The smallest absolute Gasteiger partial charge is 0.272 e. The van der Waals surface area contributed by atoms with Gasteiger partial charge < -0.3 is 9.64 Å². The molecule has 1 atom stereocenters. The van der Waals surface area contributed by atoms with E-state index in [-0.39, 0.29) is 18.1 Å². The molecular formula is C24H27N5O2. The first-order valence-electron chi connectivity index (χ1n) is 10.5. The number of carbonyl (C=O) groups is 1. The van der Waals surface area contributed by atoms with E-state index in [9.17, 15) is 4.79 Å². The first-order valence-corrected chi connectivity index (χ1v) is 10.5. The second-order valence-corrected chi connectivity index (χ2v) is 8.02. The van der Waals surface area contributed by atoms with Gasteiger partial charge in [-0.3, -0.25) is 9.69 Å². The Balaban J connectivity index is 1.51. The first kappa shape index (κ1) is 20.9. The normalized spacial score (nSPS) is 17.0. The van der Waals surface area contributed by atoms with Crippen LogP contribution < -0.4 is 4.74 Å². The Labute approximate surface area is 182 Å². The first-order chi connectivity index (χ1) is 15.0. The molecule has 0 spiro atoms. The molecule has 1 unspecified atom stereocenters. The number of likely N-dealkylation sites (N-methyl/N-ethyl adjacent to an activating group) is 1. The largest absolute Gasteiger partial charge is 0.491 e. The average molecular weight is 418 g/mol. The van der Waals surface area contributed by atoms with E-state index < -0.39 is 0 Å². The monoisotopic (exact) mass is 417 g/mol. The van der Waals surface area contributed by atoms with Gasteiger partial charge in [0.05, 0.1) is 17.8 Å². The van der Waals surface area contributed by atoms with Crippen molar-refractivity contribution in [3.05, 3.63) is 72.4 Å². The van der Waals surface area contributed by atoms with Gasteiger partial charge in [-0.25, -0.2) is 15.0 Å². The van der Waals surface area contributed by atoms with Gasteiger partial charge in [0.25, 0.3) is 5.91 Å². The third-order valence-electron chi connectivity index (χ3n) is 5.40. The minimum atomic E-state index is -0.0587. The molecule has 1 saturated heterocycles. The highest BCUT2D eigenvalue weighted by molar-refractivity contribution is 5.93. The van der Waals surface area contributed by atoms with Gasteiger partial charge in [0.1, 0.15) is 17.8 Å². The third-order valence-corrected chi connectivity index (χ3v) is 5.40. The number of hydrogen-bond acceptors (Lipinski definition) is 6. The van der Waals surface area contributed by atoms with Crippen molar-refractivity contribution < 1.29 is 9.53 Å². The predicted molar refractivity (Wildman–Crippen MR) is 119 cm³/mol. The molecule has 0 radical (unpaired) electrons. The second-order valence-electron chi connectivity index (χ2n) is 8.02. The van der Waals surface area contributed by atoms with E-state index in [4.69, 9.17) is 4.74 Å². The van der Waals surface area contributed by atoms with Gasteiger partial charge >= 0.3 is 0 Å². The second kappa shape index (κ2) is 9.22. The minimum absolute atomic E-state index is 0.0587. The summed E-state index contributed by atoms with van der Waals surface area (Å²) in [6.07, 6.45) is 5.01. The Kier molecular flexibility index (Phi) is 6.23. The van der Waals surface area contributed by atoms with E-state index in [1.165, 1.54) is 11.9 Å².